The van der Waals surface area contributed by atoms with Gasteiger partial charge in [0.1, 0.15) is 5.75 Å². The molecule has 1 aromatic carbocycles. The zero-order chi connectivity index (χ0) is 17.1. The number of hydrogen-bond donors (Lipinski definition) is 1. The van der Waals surface area contributed by atoms with Crippen molar-refractivity contribution >= 4 is 11.5 Å². The lowest BCUT2D eigenvalue weighted by Gasteiger charge is -2.11. The van der Waals surface area contributed by atoms with Gasteiger partial charge in [-0.05, 0) is 55.4 Å². The molecule has 1 aromatic rings. The van der Waals surface area contributed by atoms with Crippen molar-refractivity contribution in [2.24, 2.45) is 5.92 Å². The summed E-state index contributed by atoms with van der Waals surface area (Å²) in [5.74, 6) is 0.0252. The molecule has 3 nitrogen and oxygen atoms in total. The van der Waals surface area contributed by atoms with Crippen LogP contribution in [0.2, 0.25) is 0 Å². The number of rotatable bonds is 11. The molecule has 0 aliphatic rings. The van der Waals surface area contributed by atoms with Crippen LogP contribution in [0.15, 0.2) is 30.3 Å². The van der Waals surface area contributed by atoms with E-state index in [-0.39, 0.29) is 5.92 Å². The van der Waals surface area contributed by atoms with Crippen LogP contribution in [0.5, 0.6) is 5.75 Å². The first kappa shape index (κ1) is 19.3. The lowest BCUT2D eigenvalue weighted by Crippen LogP contribution is -2.13. The summed E-state index contributed by atoms with van der Waals surface area (Å²) < 4.78 is 5.20. The second-order valence-corrected chi connectivity index (χ2v) is 5.96. The summed E-state index contributed by atoms with van der Waals surface area (Å²) in [6.07, 6.45) is 8.77. The minimum atomic E-state index is -0.653. The number of aliphatic carboxylic acids is 1. The molecule has 23 heavy (non-hydrogen) atoms. The predicted molar refractivity (Wildman–Crippen MR) is 95.8 cm³/mol. The average Bonchev–Trinajstić information content (AvgIpc) is 2.56. The van der Waals surface area contributed by atoms with E-state index in [1.807, 2.05) is 19.1 Å². The van der Waals surface area contributed by atoms with E-state index in [4.69, 9.17) is 4.74 Å². The molecule has 128 valence electrons. The summed E-state index contributed by atoms with van der Waals surface area (Å²) in [5.41, 5.74) is 2.58. The molecule has 0 bridgehead atoms. The largest absolute Gasteiger partial charge is 0.497 e. The molecule has 3 heteroatoms. The van der Waals surface area contributed by atoms with Gasteiger partial charge in [-0.15, -0.1) is 0 Å². The van der Waals surface area contributed by atoms with Crippen LogP contribution in [-0.4, -0.2) is 18.2 Å². The van der Waals surface area contributed by atoms with Crippen LogP contribution < -0.4 is 4.74 Å². The van der Waals surface area contributed by atoms with E-state index < -0.39 is 5.97 Å². The fraction of sp³-hybridized carbons (Fsp3) is 0.550. The number of unbranched alkanes of at least 4 members (excludes halogenated alkanes) is 1. The molecule has 1 N–H and O–H groups in total. The fourth-order valence-electron chi connectivity index (χ4n) is 2.82. The smallest absolute Gasteiger partial charge is 0.306 e. The molecule has 1 atom stereocenters. The highest BCUT2D eigenvalue weighted by Crippen LogP contribution is 2.24. The van der Waals surface area contributed by atoms with Crippen LogP contribution in [0.1, 0.15) is 64.4 Å². The Bertz CT molecular complexity index is 488. The summed E-state index contributed by atoms with van der Waals surface area (Å²) in [7, 11) is 1.67. The topological polar surface area (TPSA) is 46.5 Å². The lowest BCUT2D eigenvalue weighted by molar-refractivity contribution is -0.142. The Balaban J connectivity index is 2.62. The van der Waals surface area contributed by atoms with E-state index in [1.165, 1.54) is 11.1 Å². The van der Waals surface area contributed by atoms with Crippen LogP contribution in [0.25, 0.3) is 5.57 Å². The molecular formula is C20H30O3. The zero-order valence-electron chi connectivity index (χ0n) is 14.7. The molecule has 0 aliphatic heterocycles. The van der Waals surface area contributed by atoms with E-state index >= 15 is 0 Å². The fourth-order valence-corrected chi connectivity index (χ4v) is 2.82. The maximum atomic E-state index is 11.2. The van der Waals surface area contributed by atoms with Crippen LogP contribution in [0.4, 0.5) is 0 Å². The molecule has 0 aromatic heterocycles. The van der Waals surface area contributed by atoms with Gasteiger partial charge in [0.15, 0.2) is 0 Å². The molecule has 0 amide bonds. The Kier molecular flexibility index (Phi) is 9.11. The van der Waals surface area contributed by atoms with Crippen LogP contribution in [-0.2, 0) is 4.79 Å². The van der Waals surface area contributed by atoms with E-state index in [2.05, 4.69) is 25.1 Å². The number of carboxylic acids is 1. The maximum Gasteiger partial charge on any atom is 0.306 e. The highest BCUT2D eigenvalue weighted by atomic mass is 16.5. The number of carbonyl (C=O) groups is 1. The molecule has 0 saturated heterocycles. The van der Waals surface area contributed by atoms with Gasteiger partial charge in [0.25, 0.3) is 0 Å². The summed E-state index contributed by atoms with van der Waals surface area (Å²) in [6, 6.07) is 8.16. The Morgan fingerprint density at radius 1 is 1.17 bits per heavy atom. The summed E-state index contributed by atoms with van der Waals surface area (Å²) in [4.78, 5) is 11.2. The Morgan fingerprint density at radius 3 is 2.39 bits per heavy atom. The average molecular weight is 318 g/mol. The van der Waals surface area contributed by atoms with Crippen molar-refractivity contribution in [2.75, 3.05) is 7.11 Å². The minimum Gasteiger partial charge on any atom is -0.497 e. The van der Waals surface area contributed by atoms with Crippen LogP contribution in [0.3, 0.4) is 0 Å². The van der Waals surface area contributed by atoms with E-state index in [9.17, 15) is 9.90 Å². The molecule has 0 fully saturated rings. The summed E-state index contributed by atoms with van der Waals surface area (Å²) in [5, 5.41) is 9.20. The van der Waals surface area contributed by atoms with Crippen molar-refractivity contribution in [1.82, 2.24) is 0 Å². The van der Waals surface area contributed by atoms with Gasteiger partial charge in [0.05, 0.1) is 13.0 Å². The number of methoxy groups -OCH3 is 1. The minimum absolute atomic E-state index is 0.191. The monoisotopic (exact) mass is 318 g/mol. The van der Waals surface area contributed by atoms with Crippen molar-refractivity contribution in [2.45, 2.75) is 58.8 Å². The first-order chi connectivity index (χ1) is 11.1. The molecule has 0 saturated carbocycles. The van der Waals surface area contributed by atoms with E-state index in [0.29, 0.717) is 0 Å². The zero-order valence-corrected chi connectivity index (χ0v) is 14.7. The van der Waals surface area contributed by atoms with Gasteiger partial charge in [-0.1, -0.05) is 44.9 Å². The Hall–Kier alpha value is -1.77. The summed E-state index contributed by atoms with van der Waals surface area (Å²) in [6.45, 7) is 4.22. The standard InChI is InChI=1S/C20H30O3/c1-4-8-16(17-12-14-19(23-3)15-13-17)10-6-7-11-18(9-5-2)20(21)22/h10,12-15,18H,4-9,11H2,1-3H3,(H,21,22). The molecule has 0 spiro atoms. The first-order valence-electron chi connectivity index (χ1n) is 8.68. The maximum absolute atomic E-state index is 11.2. The Labute approximate surface area is 140 Å². The second kappa shape index (κ2) is 10.9. The van der Waals surface area contributed by atoms with Gasteiger partial charge in [-0.25, -0.2) is 0 Å². The molecule has 1 rings (SSSR count). The first-order valence-corrected chi connectivity index (χ1v) is 8.68. The molecule has 0 radical (unpaired) electrons. The number of benzene rings is 1. The van der Waals surface area contributed by atoms with Gasteiger partial charge >= 0.3 is 5.97 Å². The van der Waals surface area contributed by atoms with Gasteiger partial charge < -0.3 is 9.84 Å². The van der Waals surface area contributed by atoms with E-state index in [0.717, 1.165) is 50.7 Å². The molecule has 0 aliphatic carbocycles. The molecule has 1 unspecified atom stereocenters. The van der Waals surface area contributed by atoms with Crippen molar-refractivity contribution in [1.29, 1.82) is 0 Å². The summed E-state index contributed by atoms with van der Waals surface area (Å²) >= 11 is 0. The lowest BCUT2D eigenvalue weighted by atomic mass is 9.95. The van der Waals surface area contributed by atoms with Gasteiger partial charge in [-0.3, -0.25) is 4.79 Å². The number of carboxylic acid groups (broad SMARTS) is 1. The van der Waals surface area contributed by atoms with Crippen molar-refractivity contribution < 1.29 is 14.6 Å². The highest BCUT2D eigenvalue weighted by molar-refractivity contribution is 5.70. The normalized spacial score (nSPS) is 12.9. The van der Waals surface area contributed by atoms with Gasteiger partial charge in [-0.2, -0.15) is 0 Å². The SMILES string of the molecule is CCCC(=CCCCC(CCC)C(=O)O)c1ccc(OC)cc1. The van der Waals surface area contributed by atoms with Gasteiger partial charge in [0, 0.05) is 0 Å². The number of hydrogen-bond acceptors (Lipinski definition) is 2. The Morgan fingerprint density at radius 2 is 1.87 bits per heavy atom. The predicted octanol–water partition coefficient (Wildman–Crippen LogP) is 5.55. The van der Waals surface area contributed by atoms with E-state index in [1.54, 1.807) is 7.11 Å². The highest BCUT2D eigenvalue weighted by Gasteiger charge is 2.15. The third-order valence-corrected chi connectivity index (χ3v) is 4.11. The molecular weight excluding hydrogens is 288 g/mol. The third-order valence-electron chi connectivity index (χ3n) is 4.11. The van der Waals surface area contributed by atoms with Crippen molar-refractivity contribution in [3.05, 3.63) is 35.9 Å². The third kappa shape index (κ3) is 6.89. The number of ether oxygens (including phenoxy) is 1. The van der Waals surface area contributed by atoms with Gasteiger partial charge in [0.2, 0.25) is 0 Å². The van der Waals surface area contributed by atoms with Crippen LogP contribution in [0, 0.1) is 5.92 Å². The van der Waals surface area contributed by atoms with Crippen LogP contribution >= 0.6 is 0 Å². The second-order valence-electron chi connectivity index (χ2n) is 5.96. The quantitative estimate of drug-likeness (QED) is 0.544. The van der Waals surface area contributed by atoms with Crippen molar-refractivity contribution in [3.8, 4) is 5.75 Å². The molecule has 0 heterocycles. The number of allylic oxidation sites excluding steroid dienone is 2. The van der Waals surface area contributed by atoms with Crippen molar-refractivity contribution in [3.63, 3.8) is 0 Å².